The minimum atomic E-state index is -1.05. The van der Waals surface area contributed by atoms with Gasteiger partial charge >= 0.3 is 5.97 Å². The lowest BCUT2D eigenvalue weighted by Crippen LogP contribution is -2.12. The molecule has 0 aliphatic rings. The zero-order valence-electron chi connectivity index (χ0n) is 7.86. The number of aliphatic hydroxyl groups is 1. The Morgan fingerprint density at radius 3 is 2.86 bits per heavy atom. The maximum Gasteiger partial charge on any atom is 0.339 e. The summed E-state index contributed by atoms with van der Waals surface area (Å²) in [6.45, 7) is 5.25. The van der Waals surface area contributed by atoms with Crippen molar-refractivity contribution in [3.63, 3.8) is 0 Å². The molecular weight excluding hydrogens is 184 g/mol. The number of carboxylic acids is 1. The smallest absolute Gasteiger partial charge is 0.339 e. The highest BCUT2D eigenvalue weighted by Gasteiger charge is 2.16. The molecule has 2 N–H and O–H groups in total. The number of hydrogen-bond acceptors (Lipinski definition) is 3. The van der Waals surface area contributed by atoms with Gasteiger partial charge in [-0.15, -0.1) is 0 Å². The number of carbonyl (C=O) groups is 1. The molecule has 14 heavy (non-hydrogen) atoms. The lowest BCUT2D eigenvalue weighted by atomic mass is 10.1. The Kier molecular flexibility index (Phi) is 3.09. The van der Waals surface area contributed by atoms with Crippen molar-refractivity contribution in [2.75, 3.05) is 0 Å². The summed E-state index contributed by atoms with van der Waals surface area (Å²) in [5.41, 5.74) is 0.669. The molecule has 0 saturated carbocycles. The maximum atomic E-state index is 10.7. The van der Waals surface area contributed by atoms with E-state index in [0.717, 1.165) is 0 Å². The SMILES string of the molecule is C=C(C)C(O)Cc1occc1C(=O)O. The molecule has 0 bridgehead atoms. The van der Waals surface area contributed by atoms with E-state index in [4.69, 9.17) is 9.52 Å². The van der Waals surface area contributed by atoms with Crippen LogP contribution in [0.25, 0.3) is 0 Å². The van der Waals surface area contributed by atoms with E-state index in [1.165, 1.54) is 12.3 Å². The van der Waals surface area contributed by atoms with E-state index < -0.39 is 12.1 Å². The molecule has 1 atom stereocenters. The molecule has 1 unspecified atom stereocenters. The van der Waals surface area contributed by atoms with E-state index in [1.54, 1.807) is 6.92 Å². The summed E-state index contributed by atoms with van der Waals surface area (Å²) < 4.78 is 4.96. The molecule has 76 valence electrons. The molecule has 0 fully saturated rings. The minimum absolute atomic E-state index is 0.0882. The molecule has 0 spiro atoms. The van der Waals surface area contributed by atoms with Gasteiger partial charge in [0.15, 0.2) is 0 Å². The summed E-state index contributed by atoms with van der Waals surface area (Å²) in [5, 5.41) is 18.2. The van der Waals surface area contributed by atoms with Crippen molar-refractivity contribution in [2.24, 2.45) is 0 Å². The van der Waals surface area contributed by atoms with Gasteiger partial charge in [-0.3, -0.25) is 0 Å². The van der Waals surface area contributed by atoms with Crippen LogP contribution in [0.1, 0.15) is 23.0 Å². The molecule has 1 aromatic rings. The van der Waals surface area contributed by atoms with Gasteiger partial charge in [-0.05, 0) is 13.0 Å². The summed E-state index contributed by atoms with van der Waals surface area (Å²) in [7, 11) is 0. The number of carboxylic acid groups (broad SMARTS) is 1. The highest BCUT2D eigenvalue weighted by Crippen LogP contribution is 2.15. The third-order valence-corrected chi connectivity index (χ3v) is 1.92. The molecule has 1 rings (SSSR count). The number of furan rings is 1. The van der Waals surface area contributed by atoms with Crippen molar-refractivity contribution in [3.8, 4) is 0 Å². The Morgan fingerprint density at radius 1 is 1.71 bits per heavy atom. The van der Waals surface area contributed by atoms with Crippen LogP contribution in [0.2, 0.25) is 0 Å². The fourth-order valence-electron chi connectivity index (χ4n) is 1.04. The van der Waals surface area contributed by atoms with Crippen LogP contribution in [0.3, 0.4) is 0 Å². The number of rotatable bonds is 4. The van der Waals surface area contributed by atoms with Gasteiger partial charge in [0.1, 0.15) is 11.3 Å². The maximum absolute atomic E-state index is 10.7. The Hall–Kier alpha value is -1.55. The van der Waals surface area contributed by atoms with Crippen LogP contribution in [-0.2, 0) is 6.42 Å². The Morgan fingerprint density at radius 2 is 2.36 bits per heavy atom. The first-order valence-electron chi connectivity index (χ1n) is 4.15. The van der Waals surface area contributed by atoms with Gasteiger partial charge in [0.05, 0.1) is 12.4 Å². The largest absolute Gasteiger partial charge is 0.478 e. The summed E-state index contributed by atoms with van der Waals surface area (Å²) in [5.74, 6) is -0.782. The van der Waals surface area contributed by atoms with Crippen molar-refractivity contribution in [2.45, 2.75) is 19.4 Å². The first kappa shape index (κ1) is 10.5. The zero-order valence-corrected chi connectivity index (χ0v) is 7.86. The molecular formula is C10H12O4. The van der Waals surface area contributed by atoms with Gasteiger partial charge in [0.2, 0.25) is 0 Å². The lowest BCUT2D eigenvalue weighted by molar-refractivity contribution is 0.0693. The second-order valence-corrected chi connectivity index (χ2v) is 3.13. The van der Waals surface area contributed by atoms with Gasteiger partial charge in [0.25, 0.3) is 0 Å². The molecule has 0 aliphatic carbocycles. The van der Waals surface area contributed by atoms with Crippen molar-refractivity contribution in [3.05, 3.63) is 35.8 Å². The monoisotopic (exact) mass is 196 g/mol. The molecule has 1 heterocycles. The highest BCUT2D eigenvalue weighted by molar-refractivity contribution is 5.88. The van der Waals surface area contributed by atoms with E-state index >= 15 is 0 Å². The van der Waals surface area contributed by atoms with Crippen LogP contribution < -0.4 is 0 Å². The first-order valence-corrected chi connectivity index (χ1v) is 4.15. The van der Waals surface area contributed by atoms with Gasteiger partial charge in [-0.25, -0.2) is 4.79 Å². The van der Waals surface area contributed by atoms with Crippen molar-refractivity contribution in [1.82, 2.24) is 0 Å². The normalized spacial score (nSPS) is 12.4. The molecule has 1 aromatic heterocycles. The fourth-order valence-corrected chi connectivity index (χ4v) is 1.04. The number of aromatic carboxylic acids is 1. The Bertz CT molecular complexity index is 351. The van der Waals surface area contributed by atoms with Crippen molar-refractivity contribution >= 4 is 5.97 Å². The minimum Gasteiger partial charge on any atom is -0.478 e. The number of aliphatic hydroxyl groups excluding tert-OH is 1. The molecule has 0 amide bonds. The van der Waals surface area contributed by atoms with E-state index in [9.17, 15) is 9.90 Å². The second-order valence-electron chi connectivity index (χ2n) is 3.13. The van der Waals surface area contributed by atoms with Gasteiger partial charge < -0.3 is 14.6 Å². The molecule has 0 aromatic carbocycles. The van der Waals surface area contributed by atoms with Crippen LogP contribution in [-0.4, -0.2) is 22.3 Å². The van der Waals surface area contributed by atoms with Gasteiger partial charge in [-0.2, -0.15) is 0 Å². The average molecular weight is 196 g/mol. The topological polar surface area (TPSA) is 70.7 Å². The lowest BCUT2D eigenvalue weighted by Gasteiger charge is -2.07. The predicted octanol–water partition coefficient (Wildman–Crippen LogP) is 1.46. The summed E-state index contributed by atoms with van der Waals surface area (Å²) in [6.07, 6.45) is 0.674. The van der Waals surface area contributed by atoms with E-state index in [2.05, 4.69) is 6.58 Å². The van der Waals surface area contributed by atoms with Crippen LogP contribution in [0, 0.1) is 0 Å². The molecule has 0 saturated heterocycles. The Labute approximate surface area is 81.5 Å². The highest BCUT2D eigenvalue weighted by atomic mass is 16.4. The standard InChI is InChI=1S/C10H12O4/c1-6(2)8(11)5-9-7(10(12)13)3-4-14-9/h3-4,8,11H,1,5H2,2H3,(H,12,13). The summed E-state index contributed by atoms with van der Waals surface area (Å²) >= 11 is 0. The third kappa shape index (κ3) is 2.23. The van der Waals surface area contributed by atoms with E-state index in [1.807, 2.05) is 0 Å². The average Bonchev–Trinajstić information content (AvgIpc) is 2.52. The Balaban J connectivity index is 2.81. The zero-order chi connectivity index (χ0) is 10.7. The summed E-state index contributed by atoms with van der Waals surface area (Å²) in [6, 6.07) is 1.36. The summed E-state index contributed by atoms with van der Waals surface area (Å²) in [4.78, 5) is 10.7. The molecule has 4 heteroatoms. The second kappa shape index (κ2) is 4.11. The third-order valence-electron chi connectivity index (χ3n) is 1.92. The van der Waals surface area contributed by atoms with E-state index in [-0.39, 0.29) is 17.7 Å². The fraction of sp³-hybridized carbons (Fsp3) is 0.300. The van der Waals surface area contributed by atoms with Crippen LogP contribution in [0.15, 0.2) is 28.9 Å². The van der Waals surface area contributed by atoms with Crippen molar-refractivity contribution in [1.29, 1.82) is 0 Å². The van der Waals surface area contributed by atoms with E-state index in [0.29, 0.717) is 5.57 Å². The van der Waals surface area contributed by atoms with Crippen LogP contribution >= 0.6 is 0 Å². The van der Waals surface area contributed by atoms with Crippen LogP contribution in [0.4, 0.5) is 0 Å². The van der Waals surface area contributed by atoms with Crippen molar-refractivity contribution < 1.29 is 19.4 Å². The molecule has 0 radical (unpaired) electrons. The predicted molar refractivity (Wildman–Crippen MR) is 50.2 cm³/mol. The molecule has 0 aliphatic heterocycles. The molecule has 4 nitrogen and oxygen atoms in total. The van der Waals surface area contributed by atoms with Gasteiger partial charge in [0, 0.05) is 6.42 Å². The number of hydrogen-bond donors (Lipinski definition) is 2. The first-order chi connectivity index (χ1) is 6.52. The quantitative estimate of drug-likeness (QED) is 0.715. The van der Waals surface area contributed by atoms with Crippen LogP contribution in [0.5, 0.6) is 0 Å². The van der Waals surface area contributed by atoms with Gasteiger partial charge in [-0.1, -0.05) is 12.2 Å².